The van der Waals surface area contributed by atoms with E-state index >= 15 is 0 Å². The molecule has 0 unspecified atom stereocenters. The Labute approximate surface area is 166 Å². The third-order valence-electron chi connectivity index (χ3n) is 4.86. The maximum atomic E-state index is 6.08. The van der Waals surface area contributed by atoms with Crippen molar-refractivity contribution in [3.05, 3.63) is 48.2 Å². The fourth-order valence-corrected chi connectivity index (χ4v) is 3.37. The van der Waals surface area contributed by atoms with Crippen LogP contribution in [-0.2, 0) is 0 Å². The normalized spacial score (nSPS) is 14.9. The number of pyridine rings is 1. The number of fused-ring (bicyclic) bond motifs is 3. The van der Waals surface area contributed by atoms with Crippen LogP contribution in [0.25, 0.3) is 28.4 Å². The van der Waals surface area contributed by atoms with Gasteiger partial charge in [-0.3, -0.25) is 0 Å². The first-order valence-electron chi connectivity index (χ1n) is 9.71. The van der Waals surface area contributed by atoms with Crippen LogP contribution in [0.4, 0.5) is 5.82 Å². The van der Waals surface area contributed by atoms with E-state index in [4.69, 9.17) is 9.15 Å². The van der Waals surface area contributed by atoms with E-state index in [0.29, 0.717) is 0 Å². The van der Waals surface area contributed by atoms with Gasteiger partial charge in [0, 0.05) is 29.3 Å². The molecule has 28 heavy (non-hydrogen) atoms. The van der Waals surface area contributed by atoms with Crippen LogP contribution in [0.3, 0.4) is 0 Å². The zero-order chi connectivity index (χ0) is 19.7. The predicted octanol–water partition coefficient (Wildman–Crippen LogP) is 5.04. The van der Waals surface area contributed by atoms with Gasteiger partial charge in [-0.2, -0.15) is 0 Å². The predicted molar refractivity (Wildman–Crippen MR) is 115 cm³/mol. The van der Waals surface area contributed by atoms with Gasteiger partial charge in [-0.1, -0.05) is 6.08 Å². The van der Waals surface area contributed by atoms with Gasteiger partial charge in [-0.25, -0.2) is 4.98 Å². The summed E-state index contributed by atoms with van der Waals surface area (Å²) in [7, 11) is 4.17. The monoisotopic (exact) mass is 377 g/mol. The summed E-state index contributed by atoms with van der Waals surface area (Å²) in [5.74, 6) is 2.59. The molecular weight excluding hydrogens is 350 g/mol. The van der Waals surface area contributed by atoms with E-state index < -0.39 is 0 Å². The van der Waals surface area contributed by atoms with Crippen LogP contribution in [0.1, 0.15) is 25.8 Å². The molecular formula is C23H27N3O2. The molecule has 0 aliphatic carbocycles. The summed E-state index contributed by atoms with van der Waals surface area (Å²) in [6.45, 7) is 6.08. The Balaban J connectivity index is 1.53. The second-order valence-electron chi connectivity index (χ2n) is 8.05. The van der Waals surface area contributed by atoms with E-state index in [-0.39, 0.29) is 5.60 Å². The molecule has 146 valence electrons. The molecule has 1 aromatic carbocycles. The number of nitrogens with one attached hydrogen (secondary N) is 1. The number of aromatic nitrogens is 1. The Hall–Kier alpha value is -2.79. The van der Waals surface area contributed by atoms with E-state index in [1.54, 1.807) is 0 Å². The molecule has 5 heteroatoms. The Morgan fingerprint density at radius 3 is 2.75 bits per heavy atom. The summed E-state index contributed by atoms with van der Waals surface area (Å²) < 4.78 is 12.1. The lowest BCUT2D eigenvalue weighted by molar-refractivity contribution is 0.159. The quantitative estimate of drug-likeness (QED) is 0.610. The number of rotatable bonds is 6. The number of furan rings is 1. The average molecular weight is 377 g/mol. The van der Waals surface area contributed by atoms with Crippen LogP contribution in [0.2, 0.25) is 0 Å². The van der Waals surface area contributed by atoms with E-state index in [1.807, 2.05) is 30.5 Å². The van der Waals surface area contributed by atoms with Gasteiger partial charge in [-0.15, -0.1) is 0 Å². The lowest BCUT2D eigenvalue weighted by atomic mass is 10.00. The minimum absolute atomic E-state index is 0.285. The molecule has 1 N–H and O–H groups in total. The molecule has 1 aliphatic heterocycles. The lowest BCUT2D eigenvalue weighted by Gasteiger charge is -2.27. The van der Waals surface area contributed by atoms with Crippen LogP contribution in [0, 0.1) is 0 Å². The summed E-state index contributed by atoms with van der Waals surface area (Å²) in [5, 5.41) is 4.42. The van der Waals surface area contributed by atoms with E-state index in [0.717, 1.165) is 58.9 Å². The lowest BCUT2D eigenvalue weighted by Crippen LogP contribution is -2.27. The Morgan fingerprint density at radius 1 is 1.14 bits per heavy atom. The van der Waals surface area contributed by atoms with Gasteiger partial charge in [-0.05, 0) is 77.3 Å². The van der Waals surface area contributed by atoms with Crippen molar-refractivity contribution < 1.29 is 9.15 Å². The summed E-state index contributed by atoms with van der Waals surface area (Å²) in [6.07, 6.45) is 7.14. The smallest absolute Gasteiger partial charge is 0.136 e. The molecule has 1 aliphatic rings. The average Bonchev–Trinajstić information content (AvgIpc) is 3.09. The first-order valence-corrected chi connectivity index (χ1v) is 9.71. The van der Waals surface area contributed by atoms with Gasteiger partial charge in [0.1, 0.15) is 28.5 Å². The number of nitrogens with zero attached hydrogens (tertiary/aromatic N) is 2. The van der Waals surface area contributed by atoms with Crippen LogP contribution in [-0.4, -0.2) is 42.7 Å². The molecule has 0 bridgehead atoms. The van der Waals surface area contributed by atoms with Gasteiger partial charge in [0.15, 0.2) is 0 Å². The molecule has 0 saturated carbocycles. The van der Waals surface area contributed by atoms with Crippen molar-refractivity contribution in [2.75, 3.05) is 32.5 Å². The number of benzene rings is 1. The topological polar surface area (TPSA) is 50.5 Å². The molecule has 2 aromatic heterocycles. The summed E-state index contributed by atoms with van der Waals surface area (Å²) in [6, 6.07) is 10.1. The van der Waals surface area contributed by atoms with Crippen molar-refractivity contribution >= 4 is 22.9 Å². The summed E-state index contributed by atoms with van der Waals surface area (Å²) in [4.78, 5) is 6.71. The highest BCUT2D eigenvalue weighted by Gasteiger charge is 2.23. The van der Waals surface area contributed by atoms with Crippen LogP contribution in [0.15, 0.2) is 47.0 Å². The zero-order valence-electron chi connectivity index (χ0n) is 17.0. The Morgan fingerprint density at radius 2 is 2.00 bits per heavy atom. The standard InChI is InChI=1S/C23H27N3O2/c1-23(2)11-10-17-18-14-21(27-19(18)7-8-20(17)28-23)16-6-9-22(25-15-16)24-12-5-13-26(3)4/h6-11,14-15H,5,12-13H2,1-4H3,(H,24,25). The molecule has 5 nitrogen and oxygen atoms in total. The molecule has 0 fully saturated rings. The van der Waals surface area contributed by atoms with Crippen molar-refractivity contribution in [3.8, 4) is 17.1 Å². The molecule has 0 atom stereocenters. The van der Waals surface area contributed by atoms with E-state index in [1.165, 1.54) is 0 Å². The first kappa shape index (κ1) is 18.6. The molecule has 4 rings (SSSR count). The van der Waals surface area contributed by atoms with Crippen molar-refractivity contribution in [1.82, 2.24) is 9.88 Å². The third-order valence-corrected chi connectivity index (χ3v) is 4.86. The maximum Gasteiger partial charge on any atom is 0.136 e. The third kappa shape index (κ3) is 3.90. The highest BCUT2D eigenvalue weighted by molar-refractivity contribution is 5.93. The number of anilines is 1. The molecule has 0 amide bonds. The second kappa shape index (κ2) is 7.32. The van der Waals surface area contributed by atoms with Gasteiger partial charge in [0.25, 0.3) is 0 Å². The highest BCUT2D eigenvalue weighted by Crippen LogP contribution is 2.39. The molecule has 3 heterocycles. The van der Waals surface area contributed by atoms with Crippen LogP contribution in [0.5, 0.6) is 5.75 Å². The SMILES string of the molecule is CN(C)CCCNc1ccc(-c2cc3c4c(ccc3o2)OC(C)(C)C=C4)cn1. The second-order valence-corrected chi connectivity index (χ2v) is 8.05. The number of ether oxygens (including phenoxy) is 1. The maximum absolute atomic E-state index is 6.08. The van der Waals surface area contributed by atoms with Gasteiger partial charge < -0.3 is 19.4 Å². The first-order chi connectivity index (χ1) is 13.4. The van der Waals surface area contributed by atoms with Crippen molar-refractivity contribution in [2.45, 2.75) is 25.9 Å². The van der Waals surface area contributed by atoms with Gasteiger partial charge >= 0.3 is 0 Å². The van der Waals surface area contributed by atoms with Crippen LogP contribution >= 0.6 is 0 Å². The fraction of sp³-hybridized carbons (Fsp3) is 0.348. The van der Waals surface area contributed by atoms with Crippen molar-refractivity contribution in [3.63, 3.8) is 0 Å². The number of hydrogen-bond donors (Lipinski definition) is 1. The van der Waals surface area contributed by atoms with Gasteiger partial charge in [0.05, 0.1) is 0 Å². The van der Waals surface area contributed by atoms with Crippen LogP contribution < -0.4 is 10.1 Å². The fourth-order valence-electron chi connectivity index (χ4n) is 3.37. The molecule has 3 aromatic rings. The minimum atomic E-state index is -0.285. The van der Waals surface area contributed by atoms with E-state index in [2.05, 4.69) is 61.4 Å². The number of hydrogen-bond acceptors (Lipinski definition) is 5. The van der Waals surface area contributed by atoms with Crippen molar-refractivity contribution in [2.24, 2.45) is 0 Å². The molecule has 0 spiro atoms. The zero-order valence-corrected chi connectivity index (χ0v) is 17.0. The Bertz CT molecular complexity index is 1000. The van der Waals surface area contributed by atoms with E-state index in [9.17, 15) is 0 Å². The Kier molecular flexibility index (Phi) is 4.85. The highest BCUT2D eigenvalue weighted by atomic mass is 16.5. The van der Waals surface area contributed by atoms with Crippen molar-refractivity contribution in [1.29, 1.82) is 0 Å². The summed E-state index contributed by atoms with van der Waals surface area (Å²) >= 11 is 0. The summed E-state index contributed by atoms with van der Waals surface area (Å²) in [5.41, 5.74) is 2.60. The molecule has 0 saturated heterocycles. The van der Waals surface area contributed by atoms with Gasteiger partial charge in [0.2, 0.25) is 0 Å². The largest absolute Gasteiger partial charge is 0.483 e. The minimum Gasteiger partial charge on any atom is -0.483 e. The molecule has 0 radical (unpaired) electrons.